The van der Waals surface area contributed by atoms with Crippen LogP contribution in [0.15, 0.2) is 18.3 Å². The third kappa shape index (κ3) is 3.32. The number of pyridine rings is 1. The zero-order valence-electron chi connectivity index (χ0n) is 8.89. The van der Waals surface area contributed by atoms with E-state index in [1.165, 1.54) is 0 Å². The molecular formula is C11H16N2O2. The van der Waals surface area contributed by atoms with Crippen LogP contribution in [-0.4, -0.2) is 36.1 Å². The van der Waals surface area contributed by atoms with Crippen molar-refractivity contribution in [2.75, 3.05) is 24.6 Å². The topological polar surface area (TPSA) is 53.4 Å². The fourth-order valence-corrected chi connectivity index (χ4v) is 1.35. The van der Waals surface area contributed by atoms with Crippen LogP contribution < -0.4 is 4.90 Å². The molecule has 0 atom stereocenters. The average Bonchev–Trinajstić information content (AvgIpc) is 2.31. The normalized spacial score (nSPS) is 10.0. The van der Waals surface area contributed by atoms with Gasteiger partial charge >= 0.3 is 0 Å². The number of aromatic nitrogens is 1. The number of nitrogens with zero attached hydrogens (tertiary/aromatic N) is 2. The van der Waals surface area contributed by atoms with Crippen LogP contribution in [0.25, 0.3) is 0 Å². The van der Waals surface area contributed by atoms with Gasteiger partial charge in [0, 0.05) is 31.5 Å². The van der Waals surface area contributed by atoms with Crippen LogP contribution in [0.3, 0.4) is 0 Å². The van der Waals surface area contributed by atoms with Crippen molar-refractivity contribution in [1.82, 2.24) is 4.98 Å². The highest BCUT2D eigenvalue weighted by atomic mass is 16.3. The van der Waals surface area contributed by atoms with Crippen molar-refractivity contribution in [3.8, 4) is 0 Å². The standard InChI is InChI=1S/C11H16N2O2/c1-2-13(6-3-7-14)11-5-4-10(9-15)8-12-11/h4-5,8-9,14H,2-3,6-7H2,1H3. The van der Waals surface area contributed by atoms with Gasteiger partial charge in [0.1, 0.15) is 5.82 Å². The molecule has 1 rings (SSSR count). The number of hydrogen-bond acceptors (Lipinski definition) is 4. The van der Waals surface area contributed by atoms with Crippen molar-refractivity contribution in [2.24, 2.45) is 0 Å². The number of carbonyl (C=O) groups is 1. The molecule has 0 aromatic carbocycles. The van der Waals surface area contributed by atoms with E-state index in [2.05, 4.69) is 9.88 Å². The van der Waals surface area contributed by atoms with Crippen molar-refractivity contribution >= 4 is 12.1 Å². The van der Waals surface area contributed by atoms with Gasteiger partial charge < -0.3 is 10.0 Å². The minimum absolute atomic E-state index is 0.183. The number of rotatable bonds is 6. The van der Waals surface area contributed by atoms with Crippen LogP contribution in [-0.2, 0) is 0 Å². The Bertz CT molecular complexity index is 298. The Morgan fingerprint density at radius 2 is 2.33 bits per heavy atom. The van der Waals surface area contributed by atoms with E-state index >= 15 is 0 Å². The van der Waals surface area contributed by atoms with Crippen LogP contribution >= 0.6 is 0 Å². The molecule has 0 saturated carbocycles. The lowest BCUT2D eigenvalue weighted by atomic mass is 10.3. The van der Waals surface area contributed by atoms with Crippen LogP contribution in [0.4, 0.5) is 5.82 Å². The highest BCUT2D eigenvalue weighted by Crippen LogP contribution is 2.10. The second-order valence-corrected chi connectivity index (χ2v) is 3.22. The second-order valence-electron chi connectivity index (χ2n) is 3.22. The maximum atomic E-state index is 10.4. The first-order chi connectivity index (χ1) is 7.31. The largest absolute Gasteiger partial charge is 0.396 e. The SMILES string of the molecule is CCN(CCCO)c1ccc(C=O)cn1. The number of anilines is 1. The monoisotopic (exact) mass is 208 g/mol. The van der Waals surface area contributed by atoms with Crippen LogP contribution in [0.2, 0.25) is 0 Å². The van der Waals surface area contributed by atoms with Gasteiger partial charge in [-0.2, -0.15) is 0 Å². The summed E-state index contributed by atoms with van der Waals surface area (Å²) in [6.45, 7) is 3.84. The summed E-state index contributed by atoms with van der Waals surface area (Å²) in [5.74, 6) is 0.844. The van der Waals surface area contributed by atoms with E-state index in [-0.39, 0.29) is 6.61 Å². The van der Waals surface area contributed by atoms with Gasteiger partial charge in [-0.3, -0.25) is 4.79 Å². The molecule has 0 aliphatic heterocycles. The van der Waals surface area contributed by atoms with E-state index in [1.54, 1.807) is 12.3 Å². The molecule has 4 heteroatoms. The Morgan fingerprint density at radius 1 is 1.53 bits per heavy atom. The highest BCUT2D eigenvalue weighted by molar-refractivity contribution is 5.74. The molecule has 82 valence electrons. The maximum absolute atomic E-state index is 10.4. The van der Waals surface area contributed by atoms with Gasteiger partial charge in [-0.1, -0.05) is 0 Å². The van der Waals surface area contributed by atoms with E-state index in [0.717, 1.165) is 31.6 Å². The van der Waals surface area contributed by atoms with Crippen molar-refractivity contribution < 1.29 is 9.90 Å². The molecule has 0 unspecified atom stereocenters. The van der Waals surface area contributed by atoms with E-state index < -0.39 is 0 Å². The molecule has 1 heterocycles. The Balaban J connectivity index is 2.69. The lowest BCUT2D eigenvalue weighted by Gasteiger charge is -2.21. The van der Waals surface area contributed by atoms with Crippen LogP contribution in [0.5, 0.6) is 0 Å². The number of aldehydes is 1. The lowest BCUT2D eigenvalue weighted by Crippen LogP contribution is -2.25. The summed E-state index contributed by atoms with van der Waals surface area (Å²) < 4.78 is 0. The van der Waals surface area contributed by atoms with Gasteiger partial charge in [0.05, 0.1) is 0 Å². The number of carbonyl (C=O) groups excluding carboxylic acids is 1. The van der Waals surface area contributed by atoms with Gasteiger partial charge in [0.2, 0.25) is 0 Å². The summed E-state index contributed by atoms with van der Waals surface area (Å²) in [7, 11) is 0. The molecule has 0 aliphatic rings. The van der Waals surface area contributed by atoms with Gasteiger partial charge in [-0.15, -0.1) is 0 Å². The predicted octanol–water partition coefficient (Wildman–Crippen LogP) is 1.10. The summed E-state index contributed by atoms with van der Waals surface area (Å²) in [6, 6.07) is 3.57. The molecular weight excluding hydrogens is 192 g/mol. The minimum atomic E-state index is 0.183. The molecule has 15 heavy (non-hydrogen) atoms. The highest BCUT2D eigenvalue weighted by Gasteiger charge is 2.04. The van der Waals surface area contributed by atoms with E-state index in [1.807, 2.05) is 13.0 Å². The first-order valence-corrected chi connectivity index (χ1v) is 5.08. The van der Waals surface area contributed by atoms with Crippen molar-refractivity contribution in [1.29, 1.82) is 0 Å². The molecule has 0 bridgehead atoms. The van der Waals surface area contributed by atoms with Crippen LogP contribution in [0, 0.1) is 0 Å². The summed E-state index contributed by atoms with van der Waals surface area (Å²) in [6.07, 6.45) is 3.07. The quantitative estimate of drug-likeness (QED) is 0.711. The Labute approximate surface area is 89.6 Å². The van der Waals surface area contributed by atoms with Gasteiger partial charge in [0.15, 0.2) is 6.29 Å². The lowest BCUT2D eigenvalue weighted by molar-refractivity contribution is 0.112. The molecule has 0 fully saturated rings. The average molecular weight is 208 g/mol. The zero-order chi connectivity index (χ0) is 11.1. The van der Waals surface area contributed by atoms with E-state index in [4.69, 9.17) is 5.11 Å². The molecule has 4 nitrogen and oxygen atoms in total. The van der Waals surface area contributed by atoms with E-state index in [0.29, 0.717) is 5.56 Å². The van der Waals surface area contributed by atoms with Crippen molar-refractivity contribution in [3.63, 3.8) is 0 Å². The Morgan fingerprint density at radius 3 is 2.80 bits per heavy atom. The molecule has 0 aliphatic carbocycles. The number of aliphatic hydroxyl groups is 1. The summed E-state index contributed by atoms with van der Waals surface area (Å²) in [5, 5.41) is 8.75. The van der Waals surface area contributed by atoms with Crippen molar-refractivity contribution in [2.45, 2.75) is 13.3 Å². The fourth-order valence-electron chi connectivity index (χ4n) is 1.35. The third-order valence-electron chi connectivity index (χ3n) is 2.20. The molecule has 0 spiro atoms. The third-order valence-corrected chi connectivity index (χ3v) is 2.20. The second kappa shape index (κ2) is 6.14. The minimum Gasteiger partial charge on any atom is -0.396 e. The Kier molecular flexibility index (Phi) is 4.77. The first kappa shape index (κ1) is 11.7. The fraction of sp³-hybridized carbons (Fsp3) is 0.455. The summed E-state index contributed by atoms with van der Waals surface area (Å²) in [5.41, 5.74) is 0.581. The predicted molar refractivity (Wildman–Crippen MR) is 59.2 cm³/mol. The first-order valence-electron chi connectivity index (χ1n) is 5.08. The number of hydrogen-bond donors (Lipinski definition) is 1. The van der Waals surface area contributed by atoms with E-state index in [9.17, 15) is 4.79 Å². The molecule has 0 radical (unpaired) electrons. The maximum Gasteiger partial charge on any atom is 0.151 e. The molecule has 1 aromatic heterocycles. The summed E-state index contributed by atoms with van der Waals surface area (Å²) in [4.78, 5) is 16.7. The molecule has 1 N–H and O–H groups in total. The molecule has 0 saturated heterocycles. The van der Waals surface area contributed by atoms with Crippen molar-refractivity contribution in [3.05, 3.63) is 23.9 Å². The smallest absolute Gasteiger partial charge is 0.151 e. The van der Waals surface area contributed by atoms with Gasteiger partial charge in [0.25, 0.3) is 0 Å². The number of aliphatic hydroxyl groups excluding tert-OH is 1. The van der Waals surface area contributed by atoms with Crippen LogP contribution in [0.1, 0.15) is 23.7 Å². The summed E-state index contributed by atoms with van der Waals surface area (Å²) >= 11 is 0. The Hall–Kier alpha value is -1.42. The van der Waals surface area contributed by atoms with Gasteiger partial charge in [-0.25, -0.2) is 4.98 Å². The molecule has 0 amide bonds. The molecule has 1 aromatic rings. The zero-order valence-corrected chi connectivity index (χ0v) is 8.89. The van der Waals surface area contributed by atoms with Gasteiger partial charge in [-0.05, 0) is 25.5 Å².